The van der Waals surface area contributed by atoms with Crippen LogP contribution in [0.25, 0.3) is 0 Å². The molecule has 0 saturated heterocycles. The topological polar surface area (TPSA) is 26.3 Å². The van der Waals surface area contributed by atoms with Crippen molar-refractivity contribution < 1.29 is 9.53 Å². The molecule has 0 radical (unpaired) electrons. The van der Waals surface area contributed by atoms with Crippen molar-refractivity contribution in [2.45, 2.75) is 6.92 Å². The van der Waals surface area contributed by atoms with Crippen molar-refractivity contribution in [2.24, 2.45) is 0 Å². The first-order valence-corrected chi connectivity index (χ1v) is 7.54. The fourth-order valence-electron chi connectivity index (χ4n) is 1.76. The summed E-state index contributed by atoms with van der Waals surface area (Å²) < 4.78 is 7.31. The van der Waals surface area contributed by atoms with Crippen molar-refractivity contribution in [1.29, 1.82) is 0 Å². The summed E-state index contributed by atoms with van der Waals surface area (Å²) >= 11 is 5.67. The average molecular weight is 431 g/mol. The number of methoxy groups -OCH3 is 1. The number of carbonyl (C=O) groups is 1. The summed E-state index contributed by atoms with van der Waals surface area (Å²) in [5.41, 5.74) is 2.27. The summed E-state index contributed by atoms with van der Waals surface area (Å²) in [6.45, 7) is 1.96. The molecule has 2 aromatic rings. The number of hydrogen-bond donors (Lipinski definition) is 0. The molecule has 0 N–H and O–H groups in total. The molecule has 0 aromatic heterocycles. The molecule has 2 nitrogen and oxygen atoms in total. The lowest BCUT2D eigenvalue weighted by Gasteiger charge is -2.10. The summed E-state index contributed by atoms with van der Waals surface area (Å²) in [5, 5.41) is 0. The van der Waals surface area contributed by atoms with Gasteiger partial charge in [-0.2, -0.15) is 0 Å². The normalized spacial score (nSPS) is 10.3. The summed E-state index contributed by atoms with van der Waals surface area (Å²) in [6.07, 6.45) is 0. The Labute approximate surface area is 134 Å². The summed E-state index contributed by atoms with van der Waals surface area (Å²) in [5.74, 6) is 0.568. The molecule has 0 aliphatic heterocycles. The van der Waals surface area contributed by atoms with E-state index < -0.39 is 0 Å². The zero-order valence-electron chi connectivity index (χ0n) is 10.5. The second-order valence-electron chi connectivity index (χ2n) is 4.14. The fraction of sp³-hybridized carbons (Fsp3) is 0.133. The monoisotopic (exact) mass is 430 g/mol. The van der Waals surface area contributed by atoms with Crippen LogP contribution < -0.4 is 4.74 Å². The van der Waals surface area contributed by atoms with Crippen LogP contribution in [0.2, 0.25) is 0 Å². The van der Waals surface area contributed by atoms with E-state index in [1.165, 1.54) is 0 Å². The zero-order chi connectivity index (χ0) is 14.0. The Morgan fingerprint density at radius 1 is 1.21 bits per heavy atom. The number of hydrogen-bond acceptors (Lipinski definition) is 2. The van der Waals surface area contributed by atoms with E-state index >= 15 is 0 Å². The molecular weight excluding hydrogens is 419 g/mol. The maximum absolute atomic E-state index is 12.5. The molecule has 0 aliphatic carbocycles. The molecule has 0 saturated carbocycles. The van der Waals surface area contributed by atoms with Crippen LogP contribution in [0.1, 0.15) is 21.5 Å². The Balaban J connectivity index is 2.49. The van der Waals surface area contributed by atoms with E-state index in [1.807, 2.05) is 43.3 Å². The third-order valence-corrected chi connectivity index (χ3v) is 4.41. The van der Waals surface area contributed by atoms with Gasteiger partial charge in [-0.25, -0.2) is 0 Å². The van der Waals surface area contributed by atoms with Crippen molar-refractivity contribution in [3.8, 4) is 5.75 Å². The van der Waals surface area contributed by atoms with Gasteiger partial charge in [0.2, 0.25) is 0 Å². The lowest BCUT2D eigenvalue weighted by molar-refractivity contribution is 0.103. The Kier molecular flexibility index (Phi) is 4.62. The summed E-state index contributed by atoms with van der Waals surface area (Å²) in [4.78, 5) is 12.5. The molecule has 0 heterocycles. The van der Waals surface area contributed by atoms with Gasteiger partial charge in [0.15, 0.2) is 5.78 Å². The molecule has 0 spiro atoms. The number of benzene rings is 2. The van der Waals surface area contributed by atoms with Gasteiger partial charge >= 0.3 is 0 Å². The van der Waals surface area contributed by atoms with Crippen molar-refractivity contribution in [2.75, 3.05) is 7.11 Å². The quantitative estimate of drug-likeness (QED) is 0.525. The largest absolute Gasteiger partial charge is 0.496 e. The molecule has 0 aliphatic rings. The van der Waals surface area contributed by atoms with Gasteiger partial charge in [-0.15, -0.1) is 0 Å². The van der Waals surface area contributed by atoms with Crippen LogP contribution in [0, 0.1) is 10.5 Å². The standard InChI is InChI=1S/C15H12BrIO2/c1-9-7-14(19-2)12(8-13(9)16)15(18)10-3-5-11(17)6-4-10/h3-8H,1-2H3. The van der Waals surface area contributed by atoms with Gasteiger partial charge in [0, 0.05) is 13.6 Å². The van der Waals surface area contributed by atoms with Gasteiger partial charge in [-0.3, -0.25) is 4.79 Å². The molecule has 4 heteroatoms. The number of halogens is 2. The highest BCUT2D eigenvalue weighted by Gasteiger charge is 2.16. The average Bonchev–Trinajstić information content (AvgIpc) is 2.41. The molecule has 0 unspecified atom stereocenters. The minimum Gasteiger partial charge on any atom is -0.496 e. The predicted octanol–water partition coefficient (Wildman–Crippen LogP) is 4.60. The van der Waals surface area contributed by atoms with Crippen molar-refractivity contribution >= 4 is 44.3 Å². The van der Waals surface area contributed by atoms with Crippen LogP contribution in [-0.4, -0.2) is 12.9 Å². The molecule has 2 aromatic carbocycles. The Hall–Kier alpha value is -0.880. The third-order valence-electron chi connectivity index (χ3n) is 2.83. The third kappa shape index (κ3) is 3.17. The maximum atomic E-state index is 12.5. The van der Waals surface area contributed by atoms with Crippen LogP contribution in [0.4, 0.5) is 0 Å². The zero-order valence-corrected chi connectivity index (χ0v) is 14.3. The molecule has 19 heavy (non-hydrogen) atoms. The van der Waals surface area contributed by atoms with Crippen molar-refractivity contribution in [3.05, 3.63) is 61.1 Å². The second-order valence-corrected chi connectivity index (χ2v) is 6.24. The van der Waals surface area contributed by atoms with E-state index in [-0.39, 0.29) is 5.78 Å². The smallest absolute Gasteiger partial charge is 0.196 e. The SMILES string of the molecule is COc1cc(C)c(Br)cc1C(=O)c1ccc(I)cc1. The predicted molar refractivity (Wildman–Crippen MR) is 88.0 cm³/mol. The van der Waals surface area contributed by atoms with Gasteiger partial charge in [0.05, 0.1) is 12.7 Å². The van der Waals surface area contributed by atoms with Crippen LogP contribution >= 0.6 is 38.5 Å². The van der Waals surface area contributed by atoms with Crippen LogP contribution in [0.5, 0.6) is 5.75 Å². The molecular formula is C15H12BrIO2. The Morgan fingerprint density at radius 3 is 2.42 bits per heavy atom. The number of carbonyl (C=O) groups excluding carboxylic acids is 1. The highest BCUT2D eigenvalue weighted by Crippen LogP contribution is 2.28. The van der Waals surface area contributed by atoms with Gasteiger partial charge in [0.25, 0.3) is 0 Å². The first-order chi connectivity index (χ1) is 9.02. The fourth-order valence-corrected chi connectivity index (χ4v) is 2.46. The van der Waals surface area contributed by atoms with E-state index in [2.05, 4.69) is 38.5 Å². The molecule has 2 rings (SSSR count). The van der Waals surface area contributed by atoms with Gasteiger partial charge in [-0.05, 0) is 71.5 Å². The van der Waals surface area contributed by atoms with E-state index in [4.69, 9.17) is 4.74 Å². The van der Waals surface area contributed by atoms with Crippen LogP contribution in [-0.2, 0) is 0 Å². The van der Waals surface area contributed by atoms with Gasteiger partial charge in [-0.1, -0.05) is 15.9 Å². The highest BCUT2D eigenvalue weighted by atomic mass is 127. The highest BCUT2D eigenvalue weighted by molar-refractivity contribution is 14.1. The van der Waals surface area contributed by atoms with E-state index in [0.717, 1.165) is 13.6 Å². The second kappa shape index (κ2) is 6.05. The number of ether oxygens (including phenoxy) is 1. The molecule has 0 bridgehead atoms. The number of rotatable bonds is 3. The molecule has 0 fully saturated rings. The van der Waals surface area contributed by atoms with E-state index in [0.29, 0.717) is 16.9 Å². The number of ketones is 1. The molecule has 0 amide bonds. The minimum absolute atomic E-state index is 0.0334. The summed E-state index contributed by atoms with van der Waals surface area (Å²) in [7, 11) is 1.58. The van der Waals surface area contributed by atoms with Crippen molar-refractivity contribution in [3.63, 3.8) is 0 Å². The maximum Gasteiger partial charge on any atom is 0.196 e. The Morgan fingerprint density at radius 2 is 1.84 bits per heavy atom. The Bertz CT molecular complexity index is 621. The van der Waals surface area contributed by atoms with Crippen molar-refractivity contribution in [1.82, 2.24) is 0 Å². The van der Waals surface area contributed by atoms with E-state index in [1.54, 1.807) is 7.11 Å². The lowest BCUT2D eigenvalue weighted by Crippen LogP contribution is -2.04. The summed E-state index contributed by atoms with van der Waals surface area (Å²) in [6, 6.07) is 11.2. The number of aryl methyl sites for hydroxylation is 1. The van der Waals surface area contributed by atoms with Crippen LogP contribution in [0.15, 0.2) is 40.9 Å². The molecule has 98 valence electrons. The minimum atomic E-state index is -0.0334. The van der Waals surface area contributed by atoms with Crippen LogP contribution in [0.3, 0.4) is 0 Å². The first kappa shape index (κ1) is 14.5. The van der Waals surface area contributed by atoms with Gasteiger partial charge < -0.3 is 4.74 Å². The van der Waals surface area contributed by atoms with Gasteiger partial charge in [0.1, 0.15) is 5.75 Å². The molecule has 0 atom stereocenters. The lowest BCUT2D eigenvalue weighted by atomic mass is 10.0. The van der Waals surface area contributed by atoms with E-state index in [9.17, 15) is 4.79 Å². The first-order valence-electron chi connectivity index (χ1n) is 5.67.